The lowest BCUT2D eigenvalue weighted by atomic mass is 9.85. The summed E-state index contributed by atoms with van der Waals surface area (Å²) in [7, 11) is -3.95. The molecular formula is C15H27N5O3S. The smallest absolute Gasteiger partial charge is 0.243 e. The first-order valence-electron chi connectivity index (χ1n) is 8.08. The number of anilines is 2. The van der Waals surface area contributed by atoms with Gasteiger partial charge in [0.05, 0.1) is 12.3 Å². The topological polar surface area (TPSA) is 130 Å². The molecule has 1 heterocycles. The molecule has 1 fully saturated rings. The highest BCUT2D eigenvalue weighted by molar-refractivity contribution is 7.89. The van der Waals surface area contributed by atoms with E-state index in [1.807, 2.05) is 27.7 Å². The van der Waals surface area contributed by atoms with E-state index in [1.54, 1.807) is 0 Å². The van der Waals surface area contributed by atoms with E-state index in [9.17, 15) is 13.5 Å². The summed E-state index contributed by atoms with van der Waals surface area (Å²) in [6.45, 7) is 7.87. The molecule has 0 bridgehead atoms. The molecule has 5 N–H and O–H groups in total. The van der Waals surface area contributed by atoms with Crippen LogP contribution in [0.3, 0.4) is 0 Å². The van der Waals surface area contributed by atoms with Crippen LogP contribution in [0, 0.1) is 5.92 Å². The average molecular weight is 357 g/mol. The molecule has 2 rings (SSSR count). The van der Waals surface area contributed by atoms with Crippen molar-refractivity contribution in [3.8, 4) is 0 Å². The molecule has 0 aliphatic heterocycles. The fourth-order valence-electron chi connectivity index (χ4n) is 2.70. The molecular weight excluding hydrogens is 330 g/mol. The second-order valence-electron chi connectivity index (χ2n) is 7.53. The molecule has 8 nitrogen and oxygen atoms in total. The van der Waals surface area contributed by atoms with Crippen molar-refractivity contribution in [2.45, 2.75) is 69.5 Å². The number of nitrogens with zero attached hydrogens (tertiary/aromatic N) is 2. The summed E-state index contributed by atoms with van der Waals surface area (Å²) in [5.74, 6) is 0.734. The van der Waals surface area contributed by atoms with Crippen molar-refractivity contribution in [3.05, 3.63) is 6.20 Å². The van der Waals surface area contributed by atoms with Gasteiger partial charge in [0.1, 0.15) is 4.90 Å². The van der Waals surface area contributed by atoms with Crippen molar-refractivity contribution in [1.82, 2.24) is 9.97 Å². The van der Waals surface area contributed by atoms with E-state index >= 15 is 0 Å². The molecule has 0 radical (unpaired) electrons. The number of aromatic nitrogens is 2. The van der Waals surface area contributed by atoms with E-state index in [2.05, 4.69) is 20.6 Å². The highest BCUT2D eigenvalue weighted by Gasteiger charge is 2.28. The molecule has 0 spiro atoms. The number of hydrogen-bond acceptors (Lipinski definition) is 7. The van der Waals surface area contributed by atoms with Crippen LogP contribution in [0.15, 0.2) is 11.1 Å². The monoisotopic (exact) mass is 357 g/mol. The molecule has 1 saturated carbocycles. The van der Waals surface area contributed by atoms with Crippen LogP contribution in [0.1, 0.15) is 47.0 Å². The summed E-state index contributed by atoms with van der Waals surface area (Å²) in [5, 5.41) is 21.5. The second-order valence-corrected chi connectivity index (χ2v) is 9.06. The van der Waals surface area contributed by atoms with Gasteiger partial charge < -0.3 is 15.7 Å². The third-order valence-corrected chi connectivity index (χ3v) is 4.95. The predicted molar refractivity (Wildman–Crippen MR) is 93.2 cm³/mol. The molecule has 3 atom stereocenters. The largest absolute Gasteiger partial charge is 0.393 e. The molecule has 0 unspecified atom stereocenters. The third-order valence-electron chi connectivity index (χ3n) is 4.04. The maximum atomic E-state index is 11.8. The van der Waals surface area contributed by atoms with E-state index < -0.39 is 16.1 Å². The number of aliphatic hydroxyl groups is 1. The van der Waals surface area contributed by atoms with Gasteiger partial charge in [-0.3, -0.25) is 0 Å². The number of rotatable bonds is 4. The number of nitrogens with two attached hydrogens (primary N) is 1. The van der Waals surface area contributed by atoms with Gasteiger partial charge in [-0.05, 0) is 46.0 Å². The third kappa shape index (κ3) is 5.02. The lowest BCUT2D eigenvalue weighted by Crippen LogP contribution is -2.36. The number of nitrogens with one attached hydrogen (secondary N) is 2. The summed E-state index contributed by atoms with van der Waals surface area (Å²) in [5.41, 5.74) is -0.267. The van der Waals surface area contributed by atoms with Crippen LogP contribution in [0.4, 0.5) is 11.8 Å². The summed E-state index contributed by atoms with van der Waals surface area (Å²) in [6.07, 6.45) is 3.02. The summed E-state index contributed by atoms with van der Waals surface area (Å²) < 4.78 is 23.6. The maximum Gasteiger partial charge on any atom is 0.243 e. The molecule has 24 heavy (non-hydrogen) atoms. The lowest BCUT2D eigenvalue weighted by molar-refractivity contribution is 0.0739. The fourth-order valence-corrected chi connectivity index (χ4v) is 3.27. The summed E-state index contributed by atoms with van der Waals surface area (Å²) in [4.78, 5) is 8.19. The molecule has 1 aliphatic rings. The minimum atomic E-state index is -3.95. The van der Waals surface area contributed by atoms with Crippen LogP contribution in [-0.4, -0.2) is 41.2 Å². The van der Waals surface area contributed by atoms with Crippen LogP contribution in [-0.2, 0) is 10.0 Å². The van der Waals surface area contributed by atoms with Gasteiger partial charge in [-0.1, -0.05) is 6.92 Å². The van der Waals surface area contributed by atoms with Gasteiger partial charge in [0.2, 0.25) is 16.0 Å². The zero-order chi connectivity index (χ0) is 18.1. The quantitative estimate of drug-likeness (QED) is 0.639. The van der Waals surface area contributed by atoms with Crippen molar-refractivity contribution in [3.63, 3.8) is 0 Å². The Morgan fingerprint density at radius 2 is 2.00 bits per heavy atom. The zero-order valence-electron chi connectivity index (χ0n) is 14.6. The highest BCUT2D eigenvalue weighted by atomic mass is 32.2. The first-order valence-corrected chi connectivity index (χ1v) is 9.63. The first kappa shape index (κ1) is 18.9. The number of hydrogen-bond donors (Lipinski definition) is 4. The Hall–Kier alpha value is -1.45. The molecule has 0 aromatic carbocycles. The highest BCUT2D eigenvalue weighted by Crippen LogP contribution is 2.28. The van der Waals surface area contributed by atoms with Gasteiger partial charge in [-0.25, -0.2) is 18.5 Å². The van der Waals surface area contributed by atoms with Crippen molar-refractivity contribution < 1.29 is 13.5 Å². The van der Waals surface area contributed by atoms with Gasteiger partial charge in [-0.15, -0.1) is 0 Å². The van der Waals surface area contributed by atoms with Crippen LogP contribution >= 0.6 is 0 Å². The molecule has 136 valence electrons. The fraction of sp³-hybridized carbons (Fsp3) is 0.733. The Labute approximate surface area is 143 Å². The maximum absolute atomic E-state index is 11.8. The van der Waals surface area contributed by atoms with Crippen LogP contribution in [0.25, 0.3) is 0 Å². The molecule has 1 aromatic rings. The number of aliphatic hydroxyl groups excluding tert-OH is 1. The van der Waals surface area contributed by atoms with Crippen molar-refractivity contribution >= 4 is 21.8 Å². The van der Waals surface area contributed by atoms with Gasteiger partial charge >= 0.3 is 0 Å². The Balaban J connectivity index is 2.29. The Bertz CT molecular complexity index is 687. The van der Waals surface area contributed by atoms with Gasteiger partial charge in [-0.2, -0.15) is 4.98 Å². The van der Waals surface area contributed by atoms with E-state index in [4.69, 9.17) is 5.14 Å². The van der Waals surface area contributed by atoms with E-state index in [1.165, 1.54) is 6.20 Å². The first-order chi connectivity index (χ1) is 11.0. The van der Waals surface area contributed by atoms with E-state index in [0.717, 1.165) is 12.8 Å². The lowest BCUT2D eigenvalue weighted by Gasteiger charge is -2.32. The average Bonchev–Trinajstić information content (AvgIpc) is 2.40. The van der Waals surface area contributed by atoms with Gasteiger partial charge in [0, 0.05) is 11.6 Å². The number of primary sulfonamides is 1. The Morgan fingerprint density at radius 1 is 1.33 bits per heavy atom. The van der Waals surface area contributed by atoms with Gasteiger partial charge in [0.15, 0.2) is 5.82 Å². The summed E-state index contributed by atoms with van der Waals surface area (Å²) in [6, 6.07) is -0.0610. The molecule has 1 aliphatic carbocycles. The molecule has 1 aromatic heterocycles. The number of sulfonamides is 1. The Morgan fingerprint density at radius 3 is 2.54 bits per heavy atom. The van der Waals surface area contributed by atoms with E-state index in [-0.39, 0.29) is 28.2 Å². The molecule has 0 amide bonds. The van der Waals surface area contributed by atoms with Gasteiger partial charge in [0.25, 0.3) is 0 Å². The minimum absolute atomic E-state index is 0.0610. The SMILES string of the molecule is C[C@@H]1CC[C@@H](Nc2nc(NC(C)(C)C)ncc2S(N)(=O)=O)C[C@H]1O. The zero-order valence-corrected chi connectivity index (χ0v) is 15.4. The van der Waals surface area contributed by atoms with Crippen molar-refractivity contribution in [2.75, 3.05) is 10.6 Å². The summed E-state index contributed by atoms with van der Waals surface area (Å²) >= 11 is 0. The van der Waals surface area contributed by atoms with Crippen LogP contribution in [0.5, 0.6) is 0 Å². The predicted octanol–water partition coefficient (Wildman–Crippen LogP) is 1.30. The van der Waals surface area contributed by atoms with Crippen molar-refractivity contribution in [2.24, 2.45) is 11.1 Å². The normalized spacial score (nSPS) is 25.3. The van der Waals surface area contributed by atoms with Crippen molar-refractivity contribution in [1.29, 1.82) is 0 Å². The second kappa shape index (κ2) is 6.81. The standard InChI is InChI=1S/C15H27N5O3S/c1-9-5-6-10(7-11(9)21)18-13-12(24(16,22)23)8-17-14(19-13)20-15(2,3)4/h8-11,21H,5-7H2,1-4H3,(H2,16,22,23)(H2,17,18,19,20)/t9-,10-,11-/m1/s1. The Kier molecular flexibility index (Phi) is 5.36. The molecule has 9 heteroatoms. The molecule has 0 saturated heterocycles. The van der Waals surface area contributed by atoms with Crippen LogP contribution in [0.2, 0.25) is 0 Å². The van der Waals surface area contributed by atoms with Crippen LogP contribution < -0.4 is 15.8 Å². The van der Waals surface area contributed by atoms with E-state index in [0.29, 0.717) is 12.4 Å². The minimum Gasteiger partial charge on any atom is -0.393 e.